The van der Waals surface area contributed by atoms with E-state index in [0.29, 0.717) is 24.7 Å². The van der Waals surface area contributed by atoms with E-state index in [4.69, 9.17) is 0 Å². The van der Waals surface area contributed by atoms with Gasteiger partial charge in [0.05, 0.1) is 6.54 Å². The first-order chi connectivity index (χ1) is 9.58. The molecular weight excluding hydrogens is 254 g/mol. The number of hydrogen-bond acceptors (Lipinski definition) is 3. The molecule has 1 aliphatic carbocycles. The standard InChI is InChI=1S/C15H21N3O2/c1-3-14(19)17-12-5-4-10(2)13(8-12)18-15(20)9-16-11-6-7-11/h4-5,8,11,16H,3,6-7,9H2,1-2H3,(H,17,19)(H,18,20). The molecular formula is C15H21N3O2. The van der Waals surface area contributed by atoms with Gasteiger partial charge in [0.25, 0.3) is 0 Å². The topological polar surface area (TPSA) is 70.2 Å². The molecule has 2 rings (SSSR count). The zero-order valence-electron chi connectivity index (χ0n) is 12.0. The van der Waals surface area contributed by atoms with E-state index in [1.807, 2.05) is 19.1 Å². The second kappa shape index (κ2) is 6.52. The third kappa shape index (κ3) is 4.35. The number of hydrogen-bond donors (Lipinski definition) is 3. The lowest BCUT2D eigenvalue weighted by Gasteiger charge is -2.11. The molecule has 0 saturated heterocycles. The normalized spacial score (nSPS) is 13.9. The van der Waals surface area contributed by atoms with Crippen LogP contribution >= 0.6 is 0 Å². The van der Waals surface area contributed by atoms with Crippen molar-refractivity contribution in [2.75, 3.05) is 17.2 Å². The lowest BCUT2D eigenvalue weighted by Crippen LogP contribution is -2.29. The number of benzene rings is 1. The molecule has 3 N–H and O–H groups in total. The van der Waals surface area contributed by atoms with Gasteiger partial charge < -0.3 is 16.0 Å². The first-order valence-corrected chi connectivity index (χ1v) is 7.02. The fourth-order valence-electron chi connectivity index (χ4n) is 1.80. The van der Waals surface area contributed by atoms with E-state index >= 15 is 0 Å². The third-order valence-corrected chi connectivity index (χ3v) is 3.25. The second-order valence-electron chi connectivity index (χ2n) is 5.13. The van der Waals surface area contributed by atoms with Crippen LogP contribution in [0.1, 0.15) is 31.7 Å². The van der Waals surface area contributed by atoms with Crippen molar-refractivity contribution in [1.82, 2.24) is 5.32 Å². The summed E-state index contributed by atoms with van der Waals surface area (Å²) in [5, 5.41) is 8.83. The Morgan fingerprint density at radius 1 is 1.20 bits per heavy atom. The van der Waals surface area contributed by atoms with Gasteiger partial charge in [0.1, 0.15) is 0 Å². The zero-order valence-corrected chi connectivity index (χ0v) is 12.0. The number of amides is 2. The van der Waals surface area contributed by atoms with Crippen molar-refractivity contribution in [2.45, 2.75) is 39.2 Å². The molecule has 1 aliphatic rings. The van der Waals surface area contributed by atoms with Gasteiger partial charge in [-0.05, 0) is 37.5 Å². The van der Waals surface area contributed by atoms with Crippen molar-refractivity contribution >= 4 is 23.2 Å². The average molecular weight is 275 g/mol. The molecule has 0 aromatic heterocycles. The lowest BCUT2D eigenvalue weighted by molar-refractivity contribution is -0.116. The van der Waals surface area contributed by atoms with Crippen LogP contribution in [0.25, 0.3) is 0 Å². The van der Waals surface area contributed by atoms with Gasteiger partial charge in [0.15, 0.2) is 0 Å². The van der Waals surface area contributed by atoms with Gasteiger partial charge >= 0.3 is 0 Å². The Hall–Kier alpha value is -1.88. The van der Waals surface area contributed by atoms with E-state index in [1.54, 1.807) is 13.0 Å². The third-order valence-electron chi connectivity index (χ3n) is 3.25. The smallest absolute Gasteiger partial charge is 0.238 e. The van der Waals surface area contributed by atoms with E-state index in [0.717, 1.165) is 24.1 Å². The van der Waals surface area contributed by atoms with Gasteiger partial charge in [-0.15, -0.1) is 0 Å². The van der Waals surface area contributed by atoms with Gasteiger partial charge in [-0.3, -0.25) is 9.59 Å². The molecule has 5 heteroatoms. The van der Waals surface area contributed by atoms with Crippen LogP contribution < -0.4 is 16.0 Å². The molecule has 108 valence electrons. The van der Waals surface area contributed by atoms with Crippen LogP contribution in [-0.4, -0.2) is 24.4 Å². The molecule has 0 radical (unpaired) electrons. The second-order valence-corrected chi connectivity index (χ2v) is 5.13. The maximum absolute atomic E-state index is 11.8. The van der Waals surface area contributed by atoms with Crippen molar-refractivity contribution in [1.29, 1.82) is 0 Å². The monoisotopic (exact) mass is 275 g/mol. The minimum Gasteiger partial charge on any atom is -0.326 e. The SMILES string of the molecule is CCC(=O)Nc1ccc(C)c(NC(=O)CNC2CC2)c1. The Labute approximate surface area is 119 Å². The summed E-state index contributed by atoms with van der Waals surface area (Å²) in [6.07, 6.45) is 2.75. The van der Waals surface area contributed by atoms with Gasteiger partial charge in [-0.2, -0.15) is 0 Å². The summed E-state index contributed by atoms with van der Waals surface area (Å²) in [5.74, 6) is -0.0968. The summed E-state index contributed by atoms with van der Waals surface area (Å²) < 4.78 is 0. The molecule has 1 fully saturated rings. The summed E-state index contributed by atoms with van der Waals surface area (Å²) in [7, 11) is 0. The van der Waals surface area contributed by atoms with E-state index in [-0.39, 0.29) is 11.8 Å². The highest BCUT2D eigenvalue weighted by atomic mass is 16.2. The fourth-order valence-corrected chi connectivity index (χ4v) is 1.80. The van der Waals surface area contributed by atoms with Gasteiger partial charge in [0, 0.05) is 23.8 Å². The van der Waals surface area contributed by atoms with Crippen LogP contribution in [0, 0.1) is 6.92 Å². The molecule has 0 atom stereocenters. The largest absolute Gasteiger partial charge is 0.326 e. The molecule has 20 heavy (non-hydrogen) atoms. The van der Waals surface area contributed by atoms with Crippen LogP contribution in [0.3, 0.4) is 0 Å². The minimum absolute atomic E-state index is 0.0403. The van der Waals surface area contributed by atoms with Crippen LogP contribution in [0.4, 0.5) is 11.4 Å². The van der Waals surface area contributed by atoms with Crippen molar-refractivity contribution in [3.05, 3.63) is 23.8 Å². The van der Waals surface area contributed by atoms with E-state index in [9.17, 15) is 9.59 Å². The highest BCUT2D eigenvalue weighted by Gasteiger charge is 2.21. The Balaban J connectivity index is 1.95. The molecule has 0 spiro atoms. The Morgan fingerprint density at radius 3 is 2.60 bits per heavy atom. The van der Waals surface area contributed by atoms with E-state index in [1.165, 1.54) is 0 Å². The number of carbonyl (C=O) groups is 2. The van der Waals surface area contributed by atoms with Crippen LogP contribution in [0.15, 0.2) is 18.2 Å². The van der Waals surface area contributed by atoms with Crippen LogP contribution in [0.2, 0.25) is 0 Å². The van der Waals surface area contributed by atoms with Gasteiger partial charge in [0.2, 0.25) is 11.8 Å². The van der Waals surface area contributed by atoms with Crippen LogP contribution in [0.5, 0.6) is 0 Å². The van der Waals surface area contributed by atoms with E-state index < -0.39 is 0 Å². The minimum atomic E-state index is -0.0565. The first-order valence-electron chi connectivity index (χ1n) is 7.02. The molecule has 0 heterocycles. The highest BCUT2D eigenvalue weighted by molar-refractivity contribution is 5.95. The number of aryl methyl sites for hydroxylation is 1. The maximum Gasteiger partial charge on any atom is 0.238 e. The Bertz CT molecular complexity index is 510. The molecule has 1 aromatic rings. The fraction of sp³-hybridized carbons (Fsp3) is 0.467. The van der Waals surface area contributed by atoms with E-state index in [2.05, 4.69) is 16.0 Å². The molecule has 0 aliphatic heterocycles. The number of rotatable bonds is 6. The summed E-state index contributed by atoms with van der Waals surface area (Å²) >= 11 is 0. The lowest BCUT2D eigenvalue weighted by atomic mass is 10.1. The molecule has 0 unspecified atom stereocenters. The summed E-state index contributed by atoms with van der Waals surface area (Å²) in [6.45, 7) is 4.06. The van der Waals surface area contributed by atoms with Crippen molar-refractivity contribution in [3.63, 3.8) is 0 Å². The first kappa shape index (κ1) is 14.5. The molecule has 2 amide bonds. The quantitative estimate of drug-likeness (QED) is 0.744. The van der Waals surface area contributed by atoms with Crippen molar-refractivity contribution in [3.8, 4) is 0 Å². The summed E-state index contributed by atoms with van der Waals surface area (Å²) in [5.41, 5.74) is 2.41. The summed E-state index contributed by atoms with van der Waals surface area (Å²) in [4.78, 5) is 23.2. The predicted molar refractivity (Wildman–Crippen MR) is 79.8 cm³/mol. The average Bonchev–Trinajstić information content (AvgIpc) is 3.24. The molecule has 5 nitrogen and oxygen atoms in total. The van der Waals surface area contributed by atoms with Crippen molar-refractivity contribution in [2.24, 2.45) is 0 Å². The maximum atomic E-state index is 11.8. The van der Waals surface area contributed by atoms with Crippen LogP contribution in [-0.2, 0) is 9.59 Å². The zero-order chi connectivity index (χ0) is 14.5. The molecule has 0 bridgehead atoms. The van der Waals surface area contributed by atoms with Gasteiger partial charge in [-0.25, -0.2) is 0 Å². The number of nitrogens with one attached hydrogen (secondary N) is 3. The Morgan fingerprint density at radius 2 is 1.95 bits per heavy atom. The Kier molecular flexibility index (Phi) is 4.74. The number of anilines is 2. The number of carbonyl (C=O) groups excluding carboxylic acids is 2. The predicted octanol–water partition coefficient (Wildman–Crippen LogP) is 2.03. The summed E-state index contributed by atoms with van der Waals surface area (Å²) in [6, 6.07) is 6.02. The van der Waals surface area contributed by atoms with Gasteiger partial charge in [-0.1, -0.05) is 13.0 Å². The van der Waals surface area contributed by atoms with Crippen molar-refractivity contribution < 1.29 is 9.59 Å². The highest BCUT2D eigenvalue weighted by Crippen LogP contribution is 2.21. The molecule has 1 aromatic carbocycles. The molecule has 1 saturated carbocycles.